The fourth-order valence-corrected chi connectivity index (χ4v) is 1.91. The lowest BCUT2D eigenvalue weighted by molar-refractivity contribution is 0.415. The zero-order valence-corrected chi connectivity index (χ0v) is 11.5. The van der Waals surface area contributed by atoms with Crippen LogP contribution in [-0.2, 0) is 0 Å². The fourth-order valence-electron chi connectivity index (χ4n) is 1.23. The summed E-state index contributed by atoms with van der Waals surface area (Å²) in [5, 5.41) is 0. The van der Waals surface area contributed by atoms with Crippen LogP contribution in [0.3, 0.4) is 0 Å². The topological polar surface area (TPSA) is 9.23 Å². The van der Waals surface area contributed by atoms with Gasteiger partial charge < -0.3 is 4.74 Å². The molecule has 1 aromatic rings. The highest BCUT2D eigenvalue weighted by Gasteiger charge is 2.05. The summed E-state index contributed by atoms with van der Waals surface area (Å²) in [6.45, 7) is 6.97. The number of ether oxygens (including phenoxy) is 1. The van der Waals surface area contributed by atoms with Gasteiger partial charge in [-0.1, -0.05) is 55.7 Å². The molecule has 0 aliphatic heterocycles. The molecule has 0 aliphatic rings. The van der Waals surface area contributed by atoms with E-state index < -0.39 is 8.07 Å². The minimum Gasteiger partial charge on any atom is -0.497 e. The maximum atomic E-state index is 5.11. The molecule has 0 fully saturated rings. The van der Waals surface area contributed by atoms with Gasteiger partial charge in [-0.25, -0.2) is 0 Å². The Balaban J connectivity index is 2.60. The quantitative estimate of drug-likeness (QED) is 0.560. The third-order valence-corrected chi connectivity index (χ3v) is 3.30. The highest BCUT2D eigenvalue weighted by atomic mass is 28.3. The van der Waals surface area contributed by atoms with Gasteiger partial charge >= 0.3 is 0 Å². The molecule has 86 valence electrons. The van der Waals surface area contributed by atoms with Crippen molar-refractivity contribution in [2.45, 2.75) is 19.6 Å². The molecule has 2 heteroatoms. The van der Waals surface area contributed by atoms with Crippen LogP contribution in [0.25, 0.3) is 6.08 Å². The highest BCUT2D eigenvalue weighted by Crippen LogP contribution is 2.12. The molecule has 0 saturated carbocycles. The van der Waals surface area contributed by atoms with Gasteiger partial charge in [0.2, 0.25) is 0 Å². The third-order valence-electron chi connectivity index (χ3n) is 2.11. The molecule has 0 atom stereocenters. The minimum atomic E-state index is -1.06. The summed E-state index contributed by atoms with van der Waals surface area (Å²) in [6, 6.07) is 8.05. The van der Waals surface area contributed by atoms with Gasteiger partial charge in [0, 0.05) is 0 Å². The van der Waals surface area contributed by atoms with Crippen LogP contribution in [0.4, 0.5) is 0 Å². The van der Waals surface area contributed by atoms with E-state index in [9.17, 15) is 0 Å². The van der Waals surface area contributed by atoms with Gasteiger partial charge in [-0.15, -0.1) is 0 Å². The van der Waals surface area contributed by atoms with E-state index in [1.807, 2.05) is 12.1 Å². The fraction of sp³-hybridized carbons (Fsp3) is 0.286. The molecule has 0 radical (unpaired) electrons. The Morgan fingerprint density at radius 3 is 2.12 bits per heavy atom. The molecule has 1 nitrogen and oxygen atoms in total. The van der Waals surface area contributed by atoms with E-state index in [-0.39, 0.29) is 0 Å². The molecule has 0 amide bonds. The van der Waals surface area contributed by atoms with Crippen molar-refractivity contribution in [3.05, 3.63) is 47.7 Å². The van der Waals surface area contributed by atoms with Gasteiger partial charge in [-0.05, 0) is 17.7 Å². The molecule has 1 aromatic carbocycles. The number of rotatable bonds is 4. The maximum absolute atomic E-state index is 5.11. The van der Waals surface area contributed by atoms with Gasteiger partial charge in [-0.2, -0.15) is 0 Å². The summed E-state index contributed by atoms with van der Waals surface area (Å²) in [4.78, 5) is 0. The first kappa shape index (κ1) is 12.8. The average Bonchev–Trinajstić information content (AvgIpc) is 2.24. The maximum Gasteiger partial charge on any atom is 0.118 e. The van der Waals surface area contributed by atoms with E-state index in [4.69, 9.17) is 4.74 Å². The van der Waals surface area contributed by atoms with Crippen LogP contribution in [0.5, 0.6) is 5.75 Å². The third kappa shape index (κ3) is 4.98. The molecule has 1 rings (SSSR count). The molecule has 0 aliphatic carbocycles. The molecule has 0 saturated heterocycles. The van der Waals surface area contributed by atoms with E-state index in [2.05, 4.69) is 55.7 Å². The Hall–Kier alpha value is -1.28. The molecule has 0 N–H and O–H groups in total. The first-order chi connectivity index (χ1) is 7.51. The molecule has 0 heterocycles. The zero-order chi connectivity index (χ0) is 12.0. The molecule has 0 aromatic heterocycles. The van der Waals surface area contributed by atoms with Crippen molar-refractivity contribution in [2.75, 3.05) is 7.11 Å². The largest absolute Gasteiger partial charge is 0.497 e. The Kier molecular flexibility index (Phi) is 4.56. The standard InChI is InChI=1S/C14H20OSi/c1-15-14-10-8-13(9-11-14)7-5-6-12-16(2,3)4/h5-12H,1-4H3. The summed E-state index contributed by atoms with van der Waals surface area (Å²) < 4.78 is 5.11. The van der Waals surface area contributed by atoms with E-state index in [0.717, 1.165) is 5.75 Å². The van der Waals surface area contributed by atoms with Crippen LogP contribution in [0, 0.1) is 0 Å². The van der Waals surface area contributed by atoms with Crippen molar-refractivity contribution in [1.82, 2.24) is 0 Å². The van der Waals surface area contributed by atoms with E-state index in [1.165, 1.54) is 5.56 Å². The van der Waals surface area contributed by atoms with Crippen molar-refractivity contribution < 1.29 is 4.74 Å². The smallest absolute Gasteiger partial charge is 0.118 e. The highest BCUT2D eigenvalue weighted by molar-refractivity contribution is 6.81. The van der Waals surface area contributed by atoms with E-state index in [1.54, 1.807) is 7.11 Å². The molecule has 0 spiro atoms. The normalized spacial score (nSPS) is 12.5. The van der Waals surface area contributed by atoms with Crippen molar-refractivity contribution >= 4 is 14.1 Å². The van der Waals surface area contributed by atoms with Crippen molar-refractivity contribution in [2.24, 2.45) is 0 Å². The number of methoxy groups -OCH3 is 1. The van der Waals surface area contributed by atoms with Gasteiger partial charge in [-0.3, -0.25) is 0 Å². The summed E-state index contributed by atoms with van der Waals surface area (Å²) in [6.07, 6.45) is 6.35. The van der Waals surface area contributed by atoms with Crippen molar-refractivity contribution in [3.63, 3.8) is 0 Å². The molecule has 0 bridgehead atoms. The first-order valence-corrected chi connectivity index (χ1v) is 9.09. The SMILES string of the molecule is COc1ccc(C=CC=C[Si](C)(C)C)cc1. The van der Waals surface area contributed by atoms with Crippen molar-refractivity contribution in [1.29, 1.82) is 0 Å². The van der Waals surface area contributed by atoms with E-state index >= 15 is 0 Å². The monoisotopic (exact) mass is 232 g/mol. The van der Waals surface area contributed by atoms with Gasteiger partial charge in [0.05, 0.1) is 15.2 Å². The predicted molar refractivity (Wildman–Crippen MR) is 74.5 cm³/mol. The summed E-state index contributed by atoms with van der Waals surface area (Å²) in [7, 11) is 0.620. The summed E-state index contributed by atoms with van der Waals surface area (Å²) >= 11 is 0. The van der Waals surface area contributed by atoms with Gasteiger partial charge in [0.1, 0.15) is 5.75 Å². The number of allylic oxidation sites excluding steroid dienone is 2. The van der Waals surface area contributed by atoms with Crippen LogP contribution in [0.1, 0.15) is 5.56 Å². The Labute approximate surface area is 99.5 Å². The van der Waals surface area contributed by atoms with Crippen LogP contribution < -0.4 is 4.74 Å². The molecular formula is C14H20OSi. The van der Waals surface area contributed by atoms with Crippen LogP contribution in [0.2, 0.25) is 19.6 Å². The predicted octanol–water partition coefficient (Wildman–Crippen LogP) is 4.14. The van der Waals surface area contributed by atoms with Gasteiger partial charge in [0.25, 0.3) is 0 Å². The second-order valence-corrected chi connectivity index (χ2v) is 9.92. The Morgan fingerprint density at radius 1 is 1.00 bits per heavy atom. The molecule has 16 heavy (non-hydrogen) atoms. The Bertz CT molecular complexity index is 369. The van der Waals surface area contributed by atoms with Crippen LogP contribution in [-0.4, -0.2) is 15.2 Å². The molecular weight excluding hydrogens is 212 g/mol. The van der Waals surface area contributed by atoms with Gasteiger partial charge in [0.15, 0.2) is 0 Å². The molecule has 0 unspecified atom stereocenters. The lowest BCUT2D eigenvalue weighted by atomic mass is 10.2. The summed E-state index contributed by atoms with van der Waals surface area (Å²) in [5.74, 6) is 0.898. The average molecular weight is 232 g/mol. The lowest BCUT2D eigenvalue weighted by Gasteiger charge is -2.06. The second kappa shape index (κ2) is 5.71. The zero-order valence-electron chi connectivity index (χ0n) is 10.5. The van der Waals surface area contributed by atoms with Crippen molar-refractivity contribution in [3.8, 4) is 5.75 Å². The minimum absolute atomic E-state index is 0.898. The lowest BCUT2D eigenvalue weighted by Crippen LogP contribution is -2.14. The van der Waals surface area contributed by atoms with Crippen LogP contribution >= 0.6 is 0 Å². The van der Waals surface area contributed by atoms with E-state index in [0.29, 0.717) is 0 Å². The number of hydrogen-bond donors (Lipinski definition) is 0. The first-order valence-electron chi connectivity index (χ1n) is 5.51. The number of benzene rings is 1. The number of hydrogen-bond acceptors (Lipinski definition) is 1. The summed E-state index contributed by atoms with van der Waals surface area (Å²) in [5.41, 5.74) is 3.52. The van der Waals surface area contributed by atoms with Crippen LogP contribution in [0.15, 0.2) is 42.1 Å². The second-order valence-electron chi connectivity index (χ2n) is 4.86. The Morgan fingerprint density at radius 2 is 1.62 bits per heavy atom.